The van der Waals surface area contributed by atoms with Crippen LogP contribution in [-0.4, -0.2) is 10.8 Å². The molecule has 17 heavy (non-hydrogen) atoms. The summed E-state index contributed by atoms with van der Waals surface area (Å²) in [6.07, 6.45) is 1.80. The second-order valence-corrected chi connectivity index (χ2v) is 4.35. The predicted octanol–water partition coefficient (Wildman–Crippen LogP) is 3.91. The van der Waals surface area contributed by atoms with Gasteiger partial charge in [0.25, 0.3) is 0 Å². The lowest BCUT2D eigenvalue weighted by Gasteiger charge is -2.05. The Morgan fingerprint density at radius 1 is 1.18 bits per heavy atom. The molecule has 0 saturated heterocycles. The molecule has 0 spiro atoms. The van der Waals surface area contributed by atoms with Crippen LogP contribution in [0.4, 0.5) is 0 Å². The molecule has 0 N–H and O–H groups in total. The highest BCUT2D eigenvalue weighted by atomic mass is 35.5. The highest BCUT2D eigenvalue weighted by Gasteiger charge is 2.07. The van der Waals surface area contributed by atoms with Crippen molar-refractivity contribution in [2.45, 2.75) is 13.8 Å². The number of hydrogen-bond acceptors (Lipinski definition) is 2. The summed E-state index contributed by atoms with van der Waals surface area (Å²) in [6.45, 7) is 3.45. The van der Waals surface area contributed by atoms with Crippen LogP contribution in [-0.2, 0) is 0 Å². The molecule has 0 saturated carbocycles. The molecular formula is C14H12ClNO. The molecule has 2 nitrogen and oxygen atoms in total. The van der Waals surface area contributed by atoms with Crippen molar-refractivity contribution in [2.75, 3.05) is 0 Å². The molecule has 86 valence electrons. The van der Waals surface area contributed by atoms with Gasteiger partial charge in [-0.2, -0.15) is 0 Å². The van der Waals surface area contributed by atoms with Crippen LogP contribution in [0.25, 0.3) is 11.1 Å². The molecule has 0 aliphatic rings. The number of carbonyl (C=O) groups is 1. The molecular weight excluding hydrogens is 234 g/mol. The van der Waals surface area contributed by atoms with E-state index in [0.717, 1.165) is 16.8 Å². The zero-order chi connectivity index (χ0) is 12.4. The van der Waals surface area contributed by atoms with Gasteiger partial charge < -0.3 is 0 Å². The summed E-state index contributed by atoms with van der Waals surface area (Å²) >= 11 is 6.06. The van der Waals surface area contributed by atoms with E-state index >= 15 is 0 Å². The normalized spacial score (nSPS) is 10.3. The molecule has 0 unspecified atom stereocenters. The van der Waals surface area contributed by atoms with Crippen molar-refractivity contribution in [1.29, 1.82) is 0 Å². The Labute approximate surface area is 105 Å². The fraction of sp³-hybridized carbons (Fsp3) is 0.143. The summed E-state index contributed by atoms with van der Waals surface area (Å²) < 4.78 is 0. The number of aromatic nitrogens is 1. The minimum atomic E-state index is -0.0245. The van der Waals surface area contributed by atoms with Crippen molar-refractivity contribution >= 4 is 17.4 Å². The standard InChI is InChI=1S/C14H12ClNO/c1-9-3-4-12(8-16-9)11-5-6-13(10(2)17)14(15)7-11/h3-8H,1-2H3. The molecule has 0 bridgehead atoms. The summed E-state index contributed by atoms with van der Waals surface area (Å²) in [5.41, 5.74) is 3.48. The molecule has 0 aliphatic carbocycles. The van der Waals surface area contributed by atoms with Gasteiger partial charge in [0.2, 0.25) is 0 Å². The van der Waals surface area contributed by atoms with E-state index in [-0.39, 0.29) is 5.78 Å². The number of aryl methyl sites for hydroxylation is 1. The maximum absolute atomic E-state index is 11.3. The van der Waals surface area contributed by atoms with Gasteiger partial charge in [-0.15, -0.1) is 0 Å². The van der Waals surface area contributed by atoms with Crippen molar-refractivity contribution < 1.29 is 4.79 Å². The Morgan fingerprint density at radius 2 is 1.88 bits per heavy atom. The van der Waals surface area contributed by atoms with Crippen LogP contribution in [0.15, 0.2) is 36.5 Å². The number of nitrogens with zero attached hydrogens (tertiary/aromatic N) is 1. The first-order valence-corrected chi connectivity index (χ1v) is 5.69. The number of halogens is 1. The smallest absolute Gasteiger partial charge is 0.161 e. The topological polar surface area (TPSA) is 30.0 Å². The number of ketones is 1. The molecule has 0 radical (unpaired) electrons. The van der Waals surface area contributed by atoms with Crippen molar-refractivity contribution in [3.8, 4) is 11.1 Å². The maximum Gasteiger partial charge on any atom is 0.161 e. The molecule has 0 fully saturated rings. The van der Waals surface area contributed by atoms with E-state index in [1.165, 1.54) is 6.92 Å². The largest absolute Gasteiger partial charge is 0.294 e. The average molecular weight is 246 g/mol. The highest BCUT2D eigenvalue weighted by molar-refractivity contribution is 6.34. The van der Waals surface area contributed by atoms with E-state index in [0.29, 0.717) is 10.6 Å². The van der Waals surface area contributed by atoms with Gasteiger partial charge in [0, 0.05) is 23.0 Å². The molecule has 1 aromatic carbocycles. The number of rotatable bonds is 2. The molecule has 2 aromatic rings. The van der Waals surface area contributed by atoms with E-state index in [1.54, 1.807) is 18.3 Å². The molecule has 3 heteroatoms. The summed E-state index contributed by atoms with van der Waals surface area (Å²) in [7, 11) is 0. The zero-order valence-electron chi connectivity index (χ0n) is 9.70. The average Bonchev–Trinajstić information content (AvgIpc) is 2.29. The summed E-state index contributed by atoms with van der Waals surface area (Å²) in [4.78, 5) is 15.5. The number of carbonyl (C=O) groups excluding carboxylic acids is 1. The number of benzene rings is 1. The van der Waals surface area contributed by atoms with Crippen molar-refractivity contribution in [1.82, 2.24) is 4.98 Å². The molecule has 0 aliphatic heterocycles. The van der Waals surface area contributed by atoms with E-state index in [9.17, 15) is 4.79 Å². The number of Topliss-reactive ketones (excluding diaryl/α,β-unsaturated/α-hetero) is 1. The Hall–Kier alpha value is -1.67. The molecule has 0 amide bonds. The molecule has 0 atom stereocenters. The Kier molecular flexibility index (Phi) is 3.25. The molecule has 1 aromatic heterocycles. The van der Waals surface area contributed by atoms with Gasteiger partial charge in [-0.1, -0.05) is 23.7 Å². The minimum absolute atomic E-state index is 0.0245. The van der Waals surface area contributed by atoms with Gasteiger partial charge in [-0.3, -0.25) is 9.78 Å². The van der Waals surface area contributed by atoms with E-state index in [1.807, 2.05) is 25.1 Å². The Balaban J connectivity index is 2.44. The number of pyridine rings is 1. The third-order valence-corrected chi connectivity index (χ3v) is 2.91. The van der Waals surface area contributed by atoms with Gasteiger partial charge in [0.05, 0.1) is 5.02 Å². The Bertz CT molecular complexity index is 561. The van der Waals surface area contributed by atoms with Crippen LogP contribution in [0, 0.1) is 6.92 Å². The zero-order valence-corrected chi connectivity index (χ0v) is 10.5. The van der Waals surface area contributed by atoms with Gasteiger partial charge >= 0.3 is 0 Å². The quantitative estimate of drug-likeness (QED) is 0.751. The number of hydrogen-bond donors (Lipinski definition) is 0. The van der Waals surface area contributed by atoms with Gasteiger partial charge in [0.15, 0.2) is 5.78 Å². The highest BCUT2D eigenvalue weighted by Crippen LogP contribution is 2.25. The first-order valence-electron chi connectivity index (χ1n) is 5.31. The van der Waals surface area contributed by atoms with Gasteiger partial charge in [-0.05, 0) is 37.6 Å². The van der Waals surface area contributed by atoms with E-state index < -0.39 is 0 Å². The van der Waals surface area contributed by atoms with E-state index in [4.69, 9.17) is 11.6 Å². The third-order valence-electron chi connectivity index (χ3n) is 2.59. The van der Waals surface area contributed by atoms with Crippen LogP contribution in [0.2, 0.25) is 5.02 Å². The van der Waals surface area contributed by atoms with Gasteiger partial charge in [-0.25, -0.2) is 0 Å². The lowest BCUT2D eigenvalue weighted by Crippen LogP contribution is -1.93. The molecule has 2 rings (SSSR count). The van der Waals surface area contributed by atoms with Crippen LogP contribution in [0.1, 0.15) is 23.0 Å². The summed E-state index contributed by atoms with van der Waals surface area (Å²) in [5, 5.41) is 0.482. The van der Waals surface area contributed by atoms with Crippen molar-refractivity contribution in [2.24, 2.45) is 0 Å². The third kappa shape index (κ3) is 2.53. The lowest BCUT2D eigenvalue weighted by atomic mass is 10.0. The maximum atomic E-state index is 11.3. The van der Waals surface area contributed by atoms with Crippen LogP contribution in [0.5, 0.6) is 0 Å². The van der Waals surface area contributed by atoms with Crippen LogP contribution < -0.4 is 0 Å². The second-order valence-electron chi connectivity index (χ2n) is 3.94. The fourth-order valence-electron chi connectivity index (χ4n) is 1.62. The molecule has 1 heterocycles. The lowest BCUT2D eigenvalue weighted by molar-refractivity contribution is 0.101. The first kappa shape index (κ1) is 11.8. The SMILES string of the molecule is CC(=O)c1ccc(-c2ccc(C)nc2)cc1Cl. The van der Waals surface area contributed by atoms with Crippen molar-refractivity contribution in [3.63, 3.8) is 0 Å². The first-order chi connectivity index (χ1) is 8.08. The predicted molar refractivity (Wildman–Crippen MR) is 69.4 cm³/mol. The summed E-state index contributed by atoms with van der Waals surface area (Å²) in [5.74, 6) is -0.0245. The van der Waals surface area contributed by atoms with Crippen molar-refractivity contribution in [3.05, 3.63) is 52.8 Å². The minimum Gasteiger partial charge on any atom is -0.294 e. The summed E-state index contributed by atoms with van der Waals surface area (Å²) in [6, 6.07) is 9.36. The van der Waals surface area contributed by atoms with Gasteiger partial charge in [0.1, 0.15) is 0 Å². The van der Waals surface area contributed by atoms with Crippen LogP contribution in [0.3, 0.4) is 0 Å². The Morgan fingerprint density at radius 3 is 2.41 bits per heavy atom. The van der Waals surface area contributed by atoms with Crippen LogP contribution >= 0.6 is 11.6 Å². The fourth-order valence-corrected chi connectivity index (χ4v) is 1.93. The van der Waals surface area contributed by atoms with E-state index in [2.05, 4.69) is 4.98 Å². The second kappa shape index (κ2) is 4.68. The monoisotopic (exact) mass is 245 g/mol.